The zero-order chi connectivity index (χ0) is 10.0. The Morgan fingerprint density at radius 2 is 2.23 bits per heavy atom. The van der Waals surface area contributed by atoms with Crippen molar-refractivity contribution in [3.63, 3.8) is 0 Å². The first-order valence-corrected chi connectivity index (χ1v) is 4.22. The molecule has 1 unspecified atom stereocenters. The number of rotatable bonds is 4. The Morgan fingerprint density at radius 3 is 2.62 bits per heavy atom. The molecule has 1 aliphatic carbocycles. The van der Waals surface area contributed by atoms with Crippen LogP contribution < -0.4 is 5.32 Å². The van der Waals surface area contributed by atoms with E-state index >= 15 is 0 Å². The van der Waals surface area contributed by atoms with E-state index in [4.69, 9.17) is 5.11 Å². The van der Waals surface area contributed by atoms with Gasteiger partial charge in [-0.2, -0.15) is 0 Å². The molecule has 4 nitrogen and oxygen atoms in total. The van der Waals surface area contributed by atoms with Gasteiger partial charge in [-0.05, 0) is 13.3 Å². The first-order valence-electron chi connectivity index (χ1n) is 4.22. The number of carbonyl (C=O) groups excluding carboxylic acids is 1. The van der Waals surface area contributed by atoms with Gasteiger partial charge in [0.15, 0.2) is 0 Å². The van der Waals surface area contributed by atoms with Crippen LogP contribution in [0.15, 0.2) is 12.7 Å². The van der Waals surface area contributed by atoms with Gasteiger partial charge in [0.25, 0.3) is 0 Å². The second-order valence-corrected chi connectivity index (χ2v) is 3.32. The molecule has 3 atom stereocenters. The highest BCUT2D eigenvalue weighted by atomic mass is 16.4. The quantitative estimate of drug-likeness (QED) is 0.620. The summed E-state index contributed by atoms with van der Waals surface area (Å²) >= 11 is 0. The average molecular weight is 183 g/mol. The Morgan fingerprint density at radius 1 is 1.62 bits per heavy atom. The second kappa shape index (κ2) is 3.60. The summed E-state index contributed by atoms with van der Waals surface area (Å²) < 4.78 is 0. The lowest BCUT2D eigenvalue weighted by atomic mass is 10.2. The molecule has 1 rings (SSSR count). The first kappa shape index (κ1) is 9.77. The van der Waals surface area contributed by atoms with Gasteiger partial charge in [0.05, 0.1) is 11.8 Å². The van der Waals surface area contributed by atoms with Crippen molar-refractivity contribution in [2.24, 2.45) is 11.8 Å². The van der Waals surface area contributed by atoms with Gasteiger partial charge < -0.3 is 10.4 Å². The molecule has 1 aliphatic rings. The van der Waals surface area contributed by atoms with Crippen LogP contribution in [0.2, 0.25) is 0 Å². The molecule has 0 aromatic carbocycles. The summed E-state index contributed by atoms with van der Waals surface area (Å²) in [6.07, 6.45) is 2.07. The third-order valence-corrected chi connectivity index (χ3v) is 2.17. The molecule has 4 heteroatoms. The third-order valence-electron chi connectivity index (χ3n) is 2.17. The van der Waals surface area contributed by atoms with Crippen molar-refractivity contribution < 1.29 is 14.7 Å². The summed E-state index contributed by atoms with van der Waals surface area (Å²) in [5.41, 5.74) is 0. The van der Waals surface area contributed by atoms with Gasteiger partial charge in [-0.15, -0.1) is 6.58 Å². The van der Waals surface area contributed by atoms with Crippen LogP contribution in [-0.2, 0) is 9.59 Å². The van der Waals surface area contributed by atoms with Crippen LogP contribution in [0.1, 0.15) is 13.3 Å². The van der Waals surface area contributed by atoms with Crippen molar-refractivity contribution >= 4 is 11.9 Å². The smallest absolute Gasteiger partial charge is 0.307 e. The molecule has 0 radical (unpaired) electrons. The molecule has 0 aromatic heterocycles. The Labute approximate surface area is 76.6 Å². The molecule has 13 heavy (non-hydrogen) atoms. The Hall–Kier alpha value is -1.32. The highest BCUT2D eigenvalue weighted by Gasteiger charge is 2.48. The summed E-state index contributed by atoms with van der Waals surface area (Å²) in [6.45, 7) is 5.31. The topological polar surface area (TPSA) is 66.4 Å². The predicted molar refractivity (Wildman–Crippen MR) is 47.0 cm³/mol. The molecular weight excluding hydrogens is 170 g/mol. The van der Waals surface area contributed by atoms with Gasteiger partial charge in [0, 0.05) is 6.04 Å². The molecule has 0 heterocycles. The van der Waals surface area contributed by atoms with Crippen LogP contribution in [0, 0.1) is 11.8 Å². The zero-order valence-electron chi connectivity index (χ0n) is 7.49. The number of amides is 1. The zero-order valence-corrected chi connectivity index (χ0v) is 7.49. The Balaban J connectivity index is 2.35. The monoisotopic (exact) mass is 183 g/mol. The van der Waals surface area contributed by atoms with Crippen LogP contribution in [0.3, 0.4) is 0 Å². The number of carboxylic acid groups (broad SMARTS) is 1. The fraction of sp³-hybridized carbons (Fsp3) is 0.556. The highest BCUT2D eigenvalue weighted by molar-refractivity contribution is 5.89. The van der Waals surface area contributed by atoms with Crippen molar-refractivity contribution in [2.75, 3.05) is 0 Å². The fourth-order valence-corrected chi connectivity index (χ4v) is 1.15. The molecular formula is C9H13NO3. The molecule has 1 saturated carbocycles. The molecule has 2 N–H and O–H groups in total. The lowest BCUT2D eigenvalue weighted by molar-refractivity contribution is -0.140. The molecule has 0 aromatic rings. The second-order valence-electron chi connectivity index (χ2n) is 3.32. The standard InChI is InChI=1S/C9H13NO3/c1-3-5(2)10-8(11)6-4-7(6)9(12)13/h3,5-7H,1,4H2,2H3,(H,10,11)(H,12,13)/t5?,6-,7+/m1/s1. The Bertz CT molecular complexity index is 249. The van der Waals surface area contributed by atoms with E-state index in [2.05, 4.69) is 11.9 Å². The highest BCUT2D eigenvalue weighted by Crippen LogP contribution is 2.38. The number of carboxylic acids is 1. The lowest BCUT2D eigenvalue weighted by Gasteiger charge is -2.07. The largest absolute Gasteiger partial charge is 0.481 e. The van der Waals surface area contributed by atoms with Crippen molar-refractivity contribution in [3.8, 4) is 0 Å². The van der Waals surface area contributed by atoms with E-state index in [9.17, 15) is 9.59 Å². The van der Waals surface area contributed by atoms with Gasteiger partial charge in [-0.3, -0.25) is 9.59 Å². The lowest BCUT2D eigenvalue weighted by Crippen LogP contribution is -2.32. The van der Waals surface area contributed by atoms with Crippen molar-refractivity contribution in [3.05, 3.63) is 12.7 Å². The summed E-state index contributed by atoms with van der Waals surface area (Å²) in [6, 6.07) is -0.0949. The van der Waals surface area contributed by atoms with Crippen LogP contribution in [0.5, 0.6) is 0 Å². The molecule has 0 bridgehead atoms. The third kappa shape index (κ3) is 2.31. The van der Waals surface area contributed by atoms with Crippen LogP contribution in [0.4, 0.5) is 0 Å². The van der Waals surface area contributed by atoms with E-state index in [1.807, 2.05) is 0 Å². The average Bonchev–Trinajstić information content (AvgIpc) is 2.82. The molecule has 0 saturated heterocycles. The van der Waals surface area contributed by atoms with E-state index < -0.39 is 11.9 Å². The predicted octanol–water partition coefficient (Wildman–Crippen LogP) is 0.398. The Kier molecular flexibility index (Phi) is 2.70. The minimum Gasteiger partial charge on any atom is -0.481 e. The molecule has 0 aliphatic heterocycles. The minimum absolute atomic E-state index is 0.0949. The SMILES string of the molecule is C=CC(C)NC(=O)[C@@H]1C[C@@H]1C(=O)O. The van der Waals surface area contributed by atoms with E-state index in [1.54, 1.807) is 13.0 Å². The maximum absolute atomic E-state index is 11.3. The van der Waals surface area contributed by atoms with Gasteiger partial charge in [-0.25, -0.2) is 0 Å². The number of nitrogens with one attached hydrogen (secondary N) is 1. The van der Waals surface area contributed by atoms with E-state index in [1.165, 1.54) is 0 Å². The summed E-state index contributed by atoms with van der Waals surface area (Å²) in [4.78, 5) is 21.7. The molecule has 1 fully saturated rings. The maximum Gasteiger partial charge on any atom is 0.307 e. The van der Waals surface area contributed by atoms with Crippen molar-refractivity contribution in [2.45, 2.75) is 19.4 Å². The van der Waals surface area contributed by atoms with Crippen LogP contribution in [0.25, 0.3) is 0 Å². The molecule has 72 valence electrons. The minimum atomic E-state index is -0.883. The number of hydrogen-bond donors (Lipinski definition) is 2. The number of hydrogen-bond acceptors (Lipinski definition) is 2. The van der Waals surface area contributed by atoms with Crippen molar-refractivity contribution in [1.29, 1.82) is 0 Å². The van der Waals surface area contributed by atoms with Crippen LogP contribution in [-0.4, -0.2) is 23.0 Å². The summed E-state index contributed by atoms with van der Waals surface area (Å²) in [5.74, 6) is -1.87. The summed E-state index contributed by atoms with van der Waals surface area (Å²) in [5, 5.41) is 11.2. The summed E-state index contributed by atoms with van der Waals surface area (Å²) in [7, 11) is 0. The van der Waals surface area contributed by atoms with Crippen molar-refractivity contribution in [1.82, 2.24) is 5.32 Å². The fourth-order valence-electron chi connectivity index (χ4n) is 1.15. The molecule has 1 amide bonds. The number of carbonyl (C=O) groups is 2. The van der Waals surface area contributed by atoms with Gasteiger partial charge in [0.2, 0.25) is 5.91 Å². The van der Waals surface area contributed by atoms with E-state index in [0.29, 0.717) is 6.42 Å². The van der Waals surface area contributed by atoms with Gasteiger partial charge >= 0.3 is 5.97 Å². The van der Waals surface area contributed by atoms with Gasteiger partial charge in [-0.1, -0.05) is 6.08 Å². The first-order chi connectivity index (χ1) is 6.06. The van der Waals surface area contributed by atoms with E-state index in [-0.39, 0.29) is 17.9 Å². The van der Waals surface area contributed by atoms with Gasteiger partial charge in [0.1, 0.15) is 0 Å². The maximum atomic E-state index is 11.3. The van der Waals surface area contributed by atoms with Crippen LogP contribution >= 0.6 is 0 Å². The normalized spacial score (nSPS) is 27.5. The molecule has 0 spiro atoms. The number of aliphatic carboxylic acids is 1. The van der Waals surface area contributed by atoms with E-state index in [0.717, 1.165) is 0 Å².